The predicted molar refractivity (Wildman–Crippen MR) is 144 cm³/mol. The van der Waals surface area contributed by atoms with Gasteiger partial charge < -0.3 is 18.6 Å². The molecule has 34 heavy (non-hydrogen) atoms. The smallest absolute Gasteiger partial charge is 0.497 e. The van der Waals surface area contributed by atoms with Crippen LogP contribution in [0.1, 0.15) is 74.1 Å². The molecule has 184 valence electrons. The molecule has 3 aromatic rings. The summed E-state index contributed by atoms with van der Waals surface area (Å²) in [5.41, 5.74) is 2.67. The third kappa shape index (κ3) is 4.74. The highest BCUT2D eigenvalue weighted by Crippen LogP contribution is 2.38. The first kappa shape index (κ1) is 25.1. The topological polar surface area (TPSA) is 32.6 Å². The third-order valence-corrected chi connectivity index (χ3v) is 7.95. The predicted octanol–water partition coefficient (Wildman–Crippen LogP) is 6.95. The van der Waals surface area contributed by atoms with Crippen LogP contribution in [0.25, 0.3) is 21.8 Å². The highest BCUT2D eigenvalue weighted by Gasteiger charge is 2.52. The van der Waals surface area contributed by atoms with Gasteiger partial charge >= 0.3 is 7.12 Å². The van der Waals surface area contributed by atoms with E-state index in [1.807, 2.05) is 0 Å². The van der Waals surface area contributed by atoms with Crippen LogP contribution >= 0.6 is 0 Å². The number of ether oxygens (including phenoxy) is 1. The lowest BCUT2D eigenvalue weighted by Gasteiger charge is -2.32. The van der Waals surface area contributed by atoms with E-state index in [1.54, 1.807) is 7.11 Å². The van der Waals surface area contributed by atoms with E-state index in [1.165, 1.54) is 47.5 Å². The Labute approximate surface area is 206 Å². The normalized spacial score (nSPS) is 18.3. The van der Waals surface area contributed by atoms with Crippen molar-refractivity contribution in [1.29, 1.82) is 0 Å². The number of hydrogen-bond acceptors (Lipinski definition) is 3. The van der Waals surface area contributed by atoms with E-state index in [2.05, 4.69) is 89.4 Å². The summed E-state index contributed by atoms with van der Waals surface area (Å²) in [6, 6.07) is 13.1. The van der Waals surface area contributed by atoms with E-state index < -0.39 is 18.3 Å². The van der Waals surface area contributed by atoms with E-state index >= 15 is 0 Å². The fourth-order valence-corrected chi connectivity index (χ4v) is 5.03. The van der Waals surface area contributed by atoms with Crippen LogP contribution in [0.3, 0.4) is 0 Å². The average Bonchev–Trinajstić information content (AvgIpc) is 3.19. The van der Waals surface area contributed by atoms with Gasteiger partial charge in [-0.3, -0.25) is 0 Å². The Morgan fingerprint density at radius 2 is 1.56 bits per heavy atom. The summed E-state index contributed by atoms with van der Waals surface area (Å²) in [6.45, 7) is 16.4. The molecule has 5 heteroatoms. The molecule has 1 aromatic heterocycles. The summed E-state index contributed by atoms with van der Waals surface area (Å²) in [5.74, 6) is 2.32. The van der Waals surface area contributed by atoms with Gasteiger partial charge in [-0.2, -0.15) is 0 Å². The van der Waals surface area contributed by atoms with Gasteiger partial charge in [-0.25, -0.2) is 0 Å². The molecule has 0 radical (unpaired) electrons. The lowest BCUT2D eigenvalue weighted by atomic mass is 9.77. The number of aromatic nitrogens is 1. The van der Waals surface area contributed by atoms with Gasteiger partial charge in [-0.15, -0.1) is 0 Å². The lowest BCUT2D eigenvalue weighted by molar-refractivity contribution is 0.00578. The van der Waals surface area contributed by atoms with Crippen molar-refractivity contribution in [2.24, 2.45) is 11.8 Å². The summed E-state index contributed by atoms with van der Waals surface area (Å²) in [7, 11) is 1.28. The van der Waals surface area contributed by atoms with Gasteiger partial charge in [-0.05, 0) is 58.1 Å². The Hall–Kier alpha value is -1.98. The fraction of sp³-hybridized carbons (Fsp3) is 0.586. The van der Waals surface area contributed by atoms with Gasteiger partial charge in [0.2, 0.25) is 0 Å². The number of para-hydroxylation sites is 1. The summed E-state index contributed by atoms with van der Waals surface area (Å²) in [5, 5.41) is 2.50. The quantitative estimate of drug-likeness (QED) is 0.322. The Kier molecular flexibility index (Phi) is 7.08. The van der Waals surface area contributed by atoms with Crippen molar-refractivity contribution in [3.8, 4) is 5.75 Å². The molecule has 1 unspecified atom stereocenters. The van der Waals surface area contributed by atoms with Crippen LogP contribution in [-0.2, 0) is 15.9 Å². The molecule has 4 nitrogen and oxygen atoms in total. The van der Waals surface area contributed by atoms with Crippen molar-refractivity contribution in [1.82, 2.24) is 4.57 Å². The number of aryl methyl sites for hydroxylation is 1. The first-order chi connectivity index (χ1) is 16.0. The monoisotopic (exact) mass is 463 g/mol. The molecule has 2 heterocycles. The van der Waals surface area contributed by atoms with Gasteiger partial charge in [0.05, 0.1) is 23.8 Å². The Morgan fingerprint density at radius 3 is 2.21 bits per heavy atom. The fourth-order valence-electron chi connectivity index (χ4n) is 5.03. The maximum atomic E-state index is 6.38. The molecule has 0 spiro atoms. The Bertz CT molecular complexity index is 1130. The zero-order valence-corrected chi connectivity index (χ0v) is 22.4. The second-order valence-corrected chi connectivity index (χ2v) is 11.6. The molecule has 0 N–H and O–H groups in total. The van der Waals surface area contributed by atoms with Crippen molar-refractivity contribution >= 4 is 34.4 Å². The molecule has 1 saturated heterocycles. The summed E-state index contributed by atoms with van der Waals surface area (Å²) < 4.78 is 21.1. The summed E-state index contributed by atoms with van der Waals surface area (Å²) in [4.78, 5) is 0. The van der Waals surface area contributed by atoms with E-state index in [-0.39, 0.29) is 0 Å². The van der Waals surface area contributed by atoms with Crippen LogP contribution in [-0.4, -0.2) is 30.0 Å². The van der Waals surface area contributed by atoms with Gasteiger partial charge in [-0.1, -0.05) is 58.2 Å². The summed E-state index contributed by atoms with van der Waals surface area (Å²) in [6.07, 6.45) is 5.10. The van der Waals surface area contributed by atoms with Crippen molar-refractivity contribution < 1.29 is 14.0 Å². The van der Waals surface area contributed by atoms with Crippen LogP contribution in [0.4, 0.5) is 0 Å². The Morgan fingerprint density at radius 1 is 0.882 bits per heavy atom. The van der Waals surface area contributed by atoms with E-state index in [9.17, 15) is 0 Å². The minimum Gasteiger partial charge on any atom is -0.497 e. The van der Waals surface area contributed by atoms with Crippen molar-refractivity contribution in [2.45, 2.75) is 91.9 Å². The minimum absolute atomic E-state index is 0.392. The van der Waals surface area contributed by atoms with Crippen LogP contribution in [0.5, 0.6) is 5.75 Å². The van der Waals surface area contributed by atoms with Crippen molar-refractivity contribution in [3.63, 3.8) is 0 Å². The molecule has 0 bridgehead atoms. The highest BCUT2D eigenvalue weighted by molar-refractivity contribution is 6.63. The van der Waals surface area contributed by atoms with E-state index in [0.29, 0.717) is 5.92 Å². The maximum absolute atomic E-state index is 6.38. The van der Waals surface area contributed by atoms with E-state index in [0.717, 1.165) is 23.7 Å². The molecule has 1 atom stereocenters. The number of fused-ring (bicyclic) bond motifs is 3. The Balaban J connectivity index is 1.69. The highest BCUT2D eigenvalue weighted by atomic mass is 16.7. The molecule has 0 saturated carbocycles. The minimum atomic E-state index is -0.451. The molecule has 0 aliphatic carbocycles. The third-order valence-electron chi connectivity index (χ3n) is 7.95. The second kappa shape index (κ2) is 9.58. The maximum Gasteiger partial charge on any atom is 0.498 e. The SMILES string of the molecule is COc1cc2c(cc1B1OC(C)(C)C(C)(C)O1)c1ccccc1n2CCC(C)CCCC(C)C. The van der Waals surface area contributed by atoms with Crippen LogP contribution in [0.2, 0.25) is 0 Å². The van der Waals surface area contributed by atoms with Crippen LogP contribution in [0, 0.1) is 11.8 Å². The molecular formula is C29H42BNO3. The second-order valence-electron chi connectivity index (χ2n) is 11.6. The lowest BCUT2D eigenvalue weighted by Crippen LogP contribution is -2.41. The molecule has 2 aromatic carbocycles. The number of rotatable bonds is 9. The number of methoxy groups -OCH3 is 1. The van der Waals surface area contributed by atoms with Gasteiger partial charge in [0.15, 0.2) is 0 Å². The van der Waals surface area contributed by atoms with Crippen molar-refractivity contribution in [2.75, 3.05) is 7.11 Å². The first-order valence-electron chi connectivity index (χ1n) is 13.0. The summed E-state index contributed by atoms with van der Waals surface area (Å²) >= 11 is 0. The van der Waals surface area contributed by atoms with Crippen molar-refractivity contribution in [3.05, 3.63) is 36.4 Å². The van der Waals surface area contributed by atoms with E-state index in [4.69, 9.17) is 14.0 Å². The molecule has 4 rings (SSSR count). The number of benzene rings is 2. The number of hydrogen-bond donors (Lipinski definition) is 0. The molecule has 1 aliphatic heterocycles. The molecule has 1 fully saturated rings. The average molecular weight is 463 g/mol. The molecule has 0 amide bonds. The standard InChI is InChI=1S/C29H42BNO3/c1-20(2)12-11-13-21(3)16-17-31-25-15-10-9-14-22(25)23-18-24(27(32-8)19-26(23)31)30-33-28(4,5)29(6,7)34-30/h9-10,14-15,18-21H,11-13,16-17H2,1-8H3. The first-order valence-corrected chi connectivity index (χ1v) is 13.0. The van der Waals surface area contributed by atoms with Crippen LogP contribution in [0.15, 0.2) is 36.4 Å². The van der Waals surface area contributed by atoms with Gasteiger partial charge in [0, 0.05) is 34.4 Å². The number of nitrogens with zero attached hydrogens (tertiary/aromatic N) is 1. The van der Waals surface area contributed by atoms with Gasteiger partial charge in [0.25, 0.3) is 0 Å². The molecular weight excluding hydrogens is 421 g/mol. The molecule has 1 aliphatic rings. The zero-order valence-electron chi connectivity index (χ0n) is 22.4. The van der Waals surface area contributed by atoms with Crippen LogP contribution < -0.4 is 10.2 Å². The largest absolute Gasteiger partial charge is 0.498 e. The zero-order chi connectivity index (χ0) is 24.7. The van der Waals surface area contributed by atoms with Gasteiger partial charge in [0.1, 0.15) is 5.75 Å².